The van der Waals surface area contributed by atoms with Crippen molar-refractivity contribution < 1.29 is 9.47 Å². The van der Waals surface area contributed by atoms with Crippen molar-refractivity contribution >= 4 is 12.4 Å². The molecule has 1 aromatic heterocycles. The summed E-state index contributed by atoms with van der Waals surface area (Å²) in [6, 6.07) is 20.2. The van der Waals surface area contributed by atoms with Crippen molar-refractivity contribution in [3.05, 3.63) is 89.7 Å². The number of para-hydroxylation sites is 1. The largest absolute Gasteiger partial charge is 0.490 e. The van der Waals surface area contributed by atoms with E-state index in [0.29, 0.717) is 19.8 Å². The Morgan fingerprint density at radius 1 is 0.815 bits per heavy atom. The van der Waals surface area contributed by atoms with Gasteiger partial charge < -0.3 is 14.8 Å². The van der Waals surface area contributed by atoms with Gasteiger partial charge in [0.1, 0.15) is 6.61 Å². The van der Waals surface area contributed by atoms with Crippen LogP contribution >= 0.6 is 12.4 Å². The molecule has 3 rings (SSSR count). The molecule has 1 N–H and O–H groups in total. The second-order valence-corrected chi connectivity index (χ2v) is 5.91. The Kier molecular flexibility index (Phi) is 8.62. The van der Waals surface area contributed by atoms with Crippen molar-refractivity contribution in [1.82, 2.24) is 10.3 Å². The van der Waals surface area contributed by atoms with Gasteiger partial charge in [0.25, 0.3) is 0 Å². The molecular formula is C22H25ClN2O2. The summed E-state index contributed by atoms with van der Waals surface area (Å²) in [7, 11) is 0. The van der Waals surface area contributed by atoms with Gasteiger partial charge in [-0.3, -0.25) is 4.98 Å². The number of ether oxygens (including phenoxy) is 2. The first kappa shape index (κ1) is 20.7. The minimum Gasteiger partial charge on any atom is -0.490 e. The standard InChI is InChI=1S/C22H24N2O2.ClH/c1-2-25-21-10-6-9-20(16-24-15-18-11-13-23-14-12-18)22(21)26-17-19-7-4-3-5-8-19;/h3-14,24H,2,15-17H2,1H3;1H. The van der Waals surface area contributed by atoms with E-state index in [-0.39, 0.29) is 12.4 Å². The molecule has 27 heavy (non-hydrogen) atoms. The number of pyridine rings is 1. The number of nitrogens with zero attached hydrogens (tertiary/aromatic N) is 1. The van der Waals surface area contributed by atoms with Gasteiger partial charge >= 0.3 is 0 Å². The van der Waals surface area contributed by atoms with Crippen molar-refractivity contribution in [2.45, 2.75) is 26.6 Å². The number of benzene rings is 2. The molecule has 4 nitrogen and oxygen atoms in total. The fourth-order valence-electron chi connectivity index (χ4n) is 2.71. The lowest BCUT2D eigenvalue weighted by Gasteiger charge is -2.16. The van der Waals surface area contributed by atoms with Crippen molar-refractivity contribution in [1.29, 1.82) is 0 Å². The maximum atomic E-state index is 6.13. The third kappa shape index (κ3) is 6.27. The molecule has 1 heterocycles. The van der Waals surface area contributed by atoms with Crippen molar-refractivity contribution in [3.63, 3.8) is 0 Å². The minimum atomic E-state index is 0. The summed E-state index contributed by atoms with van der Waals surface area (Å²) in [6.07, 6.45) is 3.61. The molecule has 3 aromatic rings. The fraction of sp³-hybridized carbons (Fsp3) is 0.227. The van der Waals surface area contributed by atoms with Crippen LogP contribution in [0.2, 0.25) is 0 Å². The van der Waals surface area contributed by atoms with Crippen LogP contribution in [0.15, 0.2) is 73.1 Å². The zero-order chi connectivity index (χ0) is 18.0. The quantitative estimate of drug-likeness (QED) is 0.577. The van der Waals surface area contributed by atoms with Crippen molar-refractivity contribution in [2.24, 2.45) is 0 Å². The maximum absolute atomic E-state index is 6.13. The third-order valence-electron chi connectivity index (χ3n) is 3.98. The molecule has 0 radical (unpaired) electrons. The van der Waals surface area contributed by atoms with E-state index < -0.39 is 0 Å². The van der Waals surface area contributed by atoms with Gasteiger partial charge in [-0.1, -0.05) is 42.5 Å². The van der Waals surface area contributed by atoms with Gasteiger partial charge in [-0.05, 0) is 36.2 Å². The molecule has 0 aliphatic carbocycles. The lowest BCUT2D eigenvalue weighted by atomic mass is 10.1. The second-order valence-electron chi connectivity index (χ2n) is 5.91. The van der Waals surface area contributed by atoms with Crippen LogP contribution in [0, 0.1) is 0 Å². The van der Waals surface area contributed by atoms with Gasteiger partial charge in [-0.25, -0.2) is 0 Å². The normalized spacial score (nSPS) is 10.1. The molecular weight excluding hydrogens is 360 g/mol. The highest BCUT2D eigenvalue weighted by atomic mass is 35.5. The second kappa shape index (κ2) is 11.2. The van der Waals surface area contributed by atoms with Crippen molar-refractivity contribution in [3.8, 4) is 11.5 Å². The average Bonchev–Trinajstić information content (AvgIpc) is 2.69. The Balaban J connectivity index is 0.00000261. The predicted octanol–water partition coefficient (Wildman–Crippen LogP) is 4.77. The van der Waals surface area contributed by atoms with Crippen LogP contribution in [0.25, 0.3) is 0 Å². The monoisotopic (exact) mass is 384 g/mol. The third-order valence-corrected chi connectivity index (χ3v) is 3.98. The SMILES string of the molecule is CCOc1cccc(CNCc2ccncc2)c1OCc1ccccc1.Cl. The summed E-state index contributed by atoms with van der Waals surface area (Å²) in [5, 5.41) is 3.46. The van der Waals surface area contributed by atoms with E-state index in [1.165, 1.54) is 5.56 Å². The lowest BCUT2D eigenvalue weighted by Crippen LogP contribution is -2.14. The molecule has 142 valence electrons. The Bertz CT molecular complexity index is 798. The van der Waals surface area contributed by atoms with E-state index in [9.17, 15) is 0 Å². The zero-order valence-electron chi connectivity index (χ0n) is 15.4. The van der Waals surface area contributed by atoms with Gasteiger partial charge in [0.05, 0.1) is 6.61 Å². The van der Waals surface area contributed by atoms with E-state index >= 15 is 0 Å². The van der Waals surface area contributed by atoms with Gasteiger partial charge in [0, 0.05) is 31.0 Å². The molecule has 0 aliphatic heterocycles. The summed E-state index contributed by atoms with van der Waals surface area (Å²) >= 11 is 0. The molecule has 0 saturated carbocycles. The maximum Gasteiger partial charge on any atom is 0.166 e. The van der Waals surface area contributed by atoms with E-state index in [4.69, 9.17) is 9.47 Å². The first-order valence-corrected chi connectivity index (χ1v) is 8.88. The summed E-state index contributed by atoms with van der Waals surface area (Å²) in [4.78, 5) is 4.05. The first-order valence-electron chi connectivity index (χ1n) is 8.88. The Morgan fingerprint density at radius 2 is 1.59 bits per heavy atom. The minimum absolute atomic E-state index is 0. The van der Waals surface area contributed by atoms with Crippen LogP contribution in [0.1, 0.15) is 23.6 Å². The van der Waals surface area contributed by atoms with Gasteiger partial charge in [-0.2, -0.15) is 0 Å². The van der Waals surface area contributed by atoms with Crippen LogP contribution in [0.3, 0.4) is 0 Å². The molecule has 0 saturated heterocycles. The van der Waals surface area contributed by atoms with E-state index in [1.807, 2.05) is 49.4 Å². The number of hydrogen-bond acceptors (Lipinski definition) is 4. The van der Waals surface area contributed by atoms with Crippen molar-refractivity contribution in [2.75, 3.05) is 6.61 Å². The smallest absolute Gasteiger partial charge is 0.166 e. The van der Waals surface area contributed by atoms with Gasteiger partial charge in [0.15, 0.2) is 11.5 Å². The molecule has 0 bridgehead atoms. The number of halogens is 1. The Hall–Kier alpha value is -2.56. The fourth-order valence-corrected chi connectivity index (χ4v) is 2.71. The number of hydrogen-bond donors (Lipinski definition) is 1. The molecule has 0 atom stereocenters. The Labute approximate surface area is 167 Å². The molecule has 5 heteroatoms. The number of rotatable bonds is 9. The molecule has 0 fully saturated rings. The topological polar surface area (TPSA) is 43.4 Å². The number of nitrogens with one attached hydrogen (secondary N) is 1. The highest BCUT2D eigenvalue weighted by Crippen LogP contribution is 2.32. The summed E-state index contributed by atoms with van der Waals surface area (Å²) < 4.78 is 11.9. The molecule has 2 aromatic carbocycles. The van der Waals surface area contributed by atoms with Crippen LogP contribution in [-0.4, -0.2) is 11.6 Å². The van der Waals surface area contributed by atoms with E-state index in [1.54, 1.807) is 12.4 Å². The van der Waals surface area contributed by atoms with Crippen LogP contribution < -0.4 is 14.8 Å². The van der Waals surface area contributed by atoms with E-state index in [0.717, 1.165) is 29.2 Å². The van der Waals surface area contributed by atoms with Crippen LogP contribution in [0.5, 0.6) is 11.5 Å². The van der Waals surface area contributed by atoms with E-state index in [2.05, 4.69) is 28.5 Å². The van der Waals surface area contributed by atoms with Gasteiger partial charge in [0.2, 0.25) is 0 Å². The van der Waals surface area contributed by atoms with Crippen LogP contribution in [-0.2, 0) is 19.7 Å². The highest BCUT2D eigenvalue weighted by Gasteiger charge is 2.11. The van der Waals surface area contributed by atoms with Crippen LogP contribution in [0.4, 0.5) is 0 Å². The molecule has 0 amide bonds. The highest BCUT2D eigenvalue weighted by molar-refractivity contribution is 5.85. The summed E-state index contributed by atoms with van der Waals surface area (Å²) in [6.45, 7) is 4.58. The first-order chi connectivity index (χ1) is 12.9. The lowest BCUT2D eigenvalue weighted by molar-refractivity contribution is 0.266. The Morgan fingerprint density at radius 3 is 2.33 bits per heavy atom. The molecule has 0 aliphatic rings. The zero-order valence-corrected chi connectivity index (χ0v) is 16.2. The predicted molar refractivity (Wildman–Crippen MR) is 110 cm³/mol. The molecule has 0 spiro atoms. The summed E-state index contributed by atoms with van der Waals surface area (Å²) in [5.41, 5.74) is 3.42. The summed E-state index contributed by atoms with van der Waals surface area (Å²) in [5.74, 6) is 1.59. The average molecular weight is 385 g/mol. The number of aromatic nitrogens is 1. The molecule has 0 unspecified atom stereocenters. The van der Waals surface area contributed by atoms with Gasteiger partial charge in [-0.15, -0.1) is 12.4 Å².